The van der Waals surface area contributed by atoms with Crippen LogP contribution in [0, 0.1) is 5.92 Å². The van der Waals surface area contributed by atoms with E-state index in [-0.39, 0.29) is 17.6 Å². The Kier molecular flexibility index (Phi) is 7.78. The van der Waals surface area contributed by atoms with E-state index in [4.69, 9.17) is 4.98 Å². The van der Waals surface area contributed by atoms with Gasteiger partial charge < -0.3 is 15.5 Å². The van der Waals surface area contributed by atoms with Crippen molar-refractivity contribution in [2.24, 2.45) is 5.92 Å². The van der Waals surface area contributed by atoms with E-state index in [9.17, 15) is 13.2 Å². The fourth-order valence-corrected chi connectivity index (χ4v) is 5.57. The molecule has 1 amide bonds. The molecular weight excluding hydrogens is 540 g/mol. The molecule has 0 saturated heterocycles. The van der Waals surface area contributed by atoms with Gasteiger partial charge in [-0.1, -0.05) is 32.0 Å². The van der Waals surface area contributed by atoms with Crippen LogP contribution < -0.4 is 10.6 Å². The summed E-state index contributed by atoms with van der Waals surface area (Å²) in [5.74, 6) is 0.0168. The van der Waals surface area contributed by atoms with Crippen molar-refractivity contribution >= 4 is 55.1 Å². The first-order valence-electron chi connectivity index (χ1n) is 13.5. The zero-order valence-electron chi connectivity index (χ0n) is 23.8. The summed E-state index contributed by atoms with van der Waals surface area (Å²) in [5.41, 5.74) is 4.02. The van der Waals surface area contributed by atoms with E-state index in [1.54, 1.807) is 37.6 Å². The Morgan fingerprint density at radius 1 is 1.12 bits per heavy atom. The van der Waals surface area contributed by atoms with E-state index in [1.165, 1.54) is 3.97 Å². The van der Waals surface area contributed by atoms with Crippen LogP contribution in [0.1, 0.15) is 20.8 Å². The molecule has 0 aliphatic heterocycles. The Morgan fingerprint density at radius 3 is 2.63 bits per heavy atom. The van der Waals surface area contributed by atoms with Gasteiger partial charge in [-0.3, -0.25) is 9.48 Å². The summed E-state index contributed by atoms with van der Waals surface area (Å²) in [6.07, 6.45) is 5.02. The third kappa shape index (κ3) is 5.79. The Hall–Kier alpha value is -4.29. The number of nitrogens with zero attached hydrogens (tertiary/aromatic N) is 6. The summed E-state index contributed by atoms with van der Waals surface area (Å²) in [7, 11) is 0.501. The molecule has 3 aromatic heterocycles. The molecule has 0 unspecified atom stereocenters. The van der Waals surface area contributed by atoms with E-state index < -0.39 is 10.0 Å². The summed E-state index contributed by atoms with van der Waals surface area (Å²) in [5, 5.41) is 12.5. The van der Waals surface area contributed by atoms with Gasteiger partial charge in [0, 0.05) is 46.9 Å². The number of hydrogen-bond acceptors (Lipinski definition) is 8. The minimum Gasteiger partial charge on any atom is -0.324 e. The number of amides is 1. The predicted molar refractivity (Wildman–Crippen MR) is 163 cm³/mol. The van der Waals surface area contributed by atoms with Gasteiger partial charge in [0.1, 0.15) is 0 Å². The third-order valence-corrected chi connectivity index (χ3v) is 8.44. The van der Waals surface area contributed by atoms with Crippen molar-refractivity contribution in [2.75, 3.05) is 37.0 Å². The second kappa shape index (κ2) is 11.3. The van der Waals surface area contributed by atoms with Gasteiger partial charge in [-0.15, -0.1) is 0 Å². The topological polar surface area (TPSA) is 127 Å². The van der Waals surface area contributed by atoms with Crippen molar-refractivity contribution in [3.63, 3.8) is 0 Å². The Morgan fingerprint density at radius 2 is 1.90 bits per heavy atom. The molecule has 5 aromatic rings. The molecule has 0 radical (unpaired) electrons. The van der Waals surface area contributed by atoms with E-state index >= 15 is 0 Å². The number of fused-ring (bicyclic) bond motifs is 2. The van der Waals surface area contributed by atoms with Crippen LogP contribution >= 0.6 is 0 Å². The number of nitrogens with one attached hydrogen (secondary N) is 2. The number of carbonyl (C=O) groups excluding carboxylic acids is 1. The van der Waals surface area contributed by atoms with Crippen LogP contribution in [-0.4, -0.2) is 69.3 Å². The van der Waals surface area contributed by atoms with Crippen LogP contribution in [0.15, 0.2) is 61.1 Å². The number of carbonyl (C=O) groups is 1. The lowest BCUT2D eigenvalue weighted by molar-refractivity contribution is -0.118. The van der Waals surface area contributed by atoms with E-state index in [2.05, 4.69) is 25.6 Å². The molecule has 0 fully saturated rings. The number of benzene rings is 2. The molecule has 12 heteroatoms. The molecule has 0 saturated carbocycles. The van der Waals surface area contributed by atoms with Crippen LogP contribution in [0.2, 0.25) is 0 Å². The summed E-state index contributed by atoms with van der Waals surface area (Å²) in [6.45, 7) is 6.78. The number of para-hydroxylation sites is 1. The van der Waals surface area contributed by atoms with Crippen LogP contribution in [0.3, 0.4) is 0 Å². The summed E-state index contributed by atoms with van der Waals surface area (Å²) >= 11 is 0. The van der Waals surface area contributed by atoms with E-state index in [0.29, 0.717) is 40.6 Å². The molecule has 0 spiro atoms. The van der Waals surface area contributed by atoms with Crippen LogP contribution in [0.25, 0.3) is 33.1 Å². The van der Waals surface area contributed by atoms with Crippen LogP contribution in [0.5, 0.6) is 0 Å². The maximum Gasteiger partial charge on any atom is 0.238 e. The molecule has 0 aliphatic carbocycles. The number of aromatic nitrogens is 5. The minimum atomic E-state index is -3.51. The van der Waals surface area contributed by atoms with Gasteiger partial charge >= 0.3 is 0 Å². The average Bonchev–Trinajstić information content (AvgIpc) is 3.54. The van der Waals surface area contributed by atoms with E-state index in [1.807, 2.05) is 63.0 Å². The lowest BCUT2D eigenvalue weighted by atomic mass is 10.1. The summed E-state index contributed by atoms with van der Waals surface area (Å²) in [4.78, 5) is 23.9. The quantitative estimate of drug-likeness (QED) is 0.249. The Balaban J connectivity index is 1.53. The fourth-order valence-electron chi connectivity index (χ4n) is 4.56. The number of anilines is 3. The van der Waals surface area contributed by atoms with Crippen LogP contribution in [0.4, 0.5) is 17.3 Å². The molecule has 2 aromatic carbocycles. The van der Waals surface area contributed by atoms with Crippen molar-refractivity contribution in [1.82, 2.24) is 28.6 Å². The lowest BCUT2D eigenvalue weighted by Gasteiger charge is -2.15. The van der Waals surface area contributed by atoms with E-state index in [0.717, 1.165) is 22.8 Å². The second-order valence-electron chi connectivity index (χ2n) is 10.4. The first-order chi connectivity index (χ1) is 19.6. The number of rotatable bonds is 10. The first kappa shape index (κ1) is 28.2. The van der Waals surface area contributed by atoms with Gasteiger partial charge in [-0.25, -0.2) is 22.4 Å². The molecule has 5 rings (SSSR count). The largest absolute Gasteiger partial charge is 0.324 e. The first-order valence-corrected chi connectivity index (χ1v) is 15.1. The van der Waals surface area contributed by atoms with Gasteiger partial charge in [-0.05, 0) is 45.3 Å². The molecule has 214 valence electrons. The monoisotopic (exact) mass is 574 g/mol. The Bertz CT molecular complexity index is 1840. The number of hydrogen-bond donors (Lipinski definition) is 2. The zero-order valence-corrected chi connectivity index (χ0v) is 24.6. The van der Waals surface area contributed by atoms with Crippen LogP contribution in [-0.2, 0) is 21.4 Å². The van der Waals surface area contributed by atoms with Gasteiger partial charge in [0.05, 0.1) is 40.9 Å². The maximum absolute atomic E-state index is 12.8. The van der Waals surface area contributed by atoms with Crippen molar-refractivity contribution in [3.8, 4) is 11.3 Å². The highest BCUT2D eigenvalue weighted by atomic mass is 32.2. The van der Waals surface area contributed by atoms with Crippen molar-refractivity contribution < 1.29 is 13.2 Å². The molecule has 0 atom stereocenters. The highest BCUT2D eigenvalue weighted by Crippen LogP contribution is 2.33. The zero-order chi connectivity index (χ0) is 29.3. The maximum atomic E-state index is 12.8. The summed E-state index contributed by atoms with van der Waals surface area (Å²) in [6, 6.07) is 12.9. The molecule has 2 N–H and O–H groups in total. The third-order valence-electron chi connectivity index (χ3n) is 6.81. The molecule has 11 nitrogen and oxygen atoms in total. The van der Waals surface area contributed by atoms with Crippen molar-refractivity contribution in [1.29, 1.82) is 0 Å². The smallest absolute Gasteiger partial charge is 0.238 e. The Labute approximate surface area is 239 Å². The average molecular weight is 575 g/mol. The highest BCUT2D eigenvalue weighted by molar-refractivity contribution is 7.90. The lowest BCUT2D eigenvalue weighted by Crippen LogP contribution is -2.21. The van der Waals surface area contributed by atoms with Crippen molar-refractivity contribution in [3.05, 3.63) is 61.1 Å². The van der Waals surface area contributed by atoms with Gasteiger partial charge in [-0.2, -0.15) is 5.10 Å². The normalized spacial score (nSPS) is 12.1. The fraction of sp³-hybridized carbons (Fsp3) is 0.310. The van der Waals surface area contributed by atoms with Gasteiger partial charge in [0.15, 0.2) is 0 Å². The predicted octanol–water partition coefficient (Wildman–Crippen LogP) is 4.55. The number of likely N-dealkylation sites (N-methyl/N-ethyl adjacent to an activating group) is 1. The molecular formula is C29H34N8O3S. The second-order valence-corrected chi connectivity index (χ2v) is 12.6. The minimum absolute atomic E-state index is 0.0222. The molecule has 0 aliphatic rings. The molecule has 41 heavy (non-hydrogen) atoms. The van der Waals surface area contributed by atoms with Gasteiger partial charge in [0.25, 0.3) is 0 Å². The highest BCUT2D eigenvalue weighted by Gasteiger charge is 2.19. The van der Waals surface area contributed by atoms with Gasteiger partial charge in [0.2, 0.25) is 21.9 Å². The van der Waals surface area contributed by atoms with Crippen molar-refractivity contribution in [2.45, 2.75) is 27.3 Å². The standard InChI is InChI=1S/C29H34N8O3S/c1-6-41(39,40)37-18-23(22-9-7-8-10-26(22)37)24-11-12-30-29(34-24)32-21-15-20-17-31-36(14-13-35(4)5)27(20)25(16-21)33-28(38)19(2)3/h7-12,15-19H,6,13-14H2,1-5H3,(H,33,38)(H,30,32,34). The molecule has 0 bridgehead atoms. The SMILES string of the molecule is CCS(=O)(=O)n1cc(-c2ccnc(Nc3cc(NC(=O)C(C)C)c4c(cnn4CCN(C)C)c3)n2)c2ccccc21. The summed E-state index contributed by atoms with van der Waals surface area (Å²) < 4.78 is 28.8. The molecule has 3 heterocycles.